The van der Waals surface area contributed by atoms with Crippen molar-refractivity contribution in [1.82, 2.24) is 4.90 Å². The maximum absolute atomic E-state index is 11.5. The number of hydrogen-bond acceptors (Lipinski definition) is 3. The predicted molar refractivity (Wildman–Crippen MR) is 58.0 cm³/mol. The van der Waals surface area contributed by atoms with Crippen LogP contribution in [0.3, 0.4) is 0 Å². The van der Waals surface area contributed by atoms with Crippen LogP contribution in [0.4, 0.5) is 5.69 Å². The highest BCUT2D eigenvalue weighted by molar-refractivity contribution is 5.83. The van der Waals surface area contributed by atoms with Crippen molar-refractivity contribution in [3.63, 3.8) is 0 Å². The molecule has 0 aliphatic carbocycles. The van der Waals surface area contributed by atoms with Crippen LogP contribution in [0.2, 0.25) is 0 Å². The van der Waals surface area contributed by atoms with Crippen LogP contribution in [0.25, 0.3) is 0 Å². The van der Waals surface area contributed by atoms with Gasteiger partial charge in [-0.25, -0.2) is 0 Å². The number of amides is 1. The highest BCUT2D eigenvalue weighted by Crippen LogP contribution is 2.27. The van der Waals surface area contributed by atoms with E-state index in [4.69, 9.17) is 0 Å². The number of hydrogen-bond donors (Lipinski definition) is 1. The van der Waals surface area contributed by atoms with Gasteiger partial charge < -0.3 is 14.9 Å². The van der Waals surface area contributed by atoms with E-state index in [9.17, 15) is 9.90 Å². The zero-order valence-corrected chi connectivity index (χ0v) is 8.68. The van der Waals surface area contributed by atoms with Gasteiger partial charge in [-0.15, -0.1) is 0 Å². The molecule has 80 valence electrons. The SMILES string of the molecule is CN1CCN(c2ccccc2O)CC1=O. The summed E-state index contributed by atoms with van der Waals surface area (Å²) in [7, 11) is 1.80. The lowest BCUT2D eigenvalue weighted by Gasteiger charge is -2.33. The standard InChI is InChI=1S/C11H14N2O2/c1-12-6-7-13(8-11(12)15)9-4-2-3-5-10(9)14/h2-5,14H,6-8H2,1H3. The maximum atomic E-state index is 11.5. The van der Waals surface area contributed by atoms with Gasteiger partial charge in [0, 0.05) is 20.1 Å². The molecule has 0 saturated carbocycles. The second kappa shape index (κ2) is 3.81. The van der Waals surface area contributed by atoms with Gasteiger partial charge in [-0.3, -0.25) is 4.79 Å². The van der Waals surface area contributed by atoms with E-state index in [1.807, 2.05) is 17.0 Å². The molecule has 1 N–H and O–H groups in total. The van der Waals surface area contributed by atoms with Gasteiger partial charge in [-0.1, -0.05) is 12.1 Å². The number of phenolic OH excluding ortho intramolecular Hbond substituents is 1. The van der Waals surface area contributed by atoms with Crippen LogP contribution in [0.15, 0.2) is 24.3 Å². The highest BCUT2D eigenvalue weighted by Gasteiger charge is 2.22. The second-order valence-corrected chi connectivity index (χ2v) is 3.73. The van der Waals surface area contributed by atoms with Gasteiger partial charge in [0.05, 0.1) is 12.2 Å². The van der Waals surface area contributed by atoms with E-state index in [1.54, 1.807) is 24.1 Å². The van der Waals surface area contributed by atoms with Crippen LogP contribution in [0.5, 0.6) is 5.75 Å². The van der Waals surface area contributed by atoms with Gasteiger partial charge in [-0.05, 0) is 12.1 Å². The van der Waals surface area contributed by atoms with E-state index in [2.05, 4.69) is 0 Å². The third-order valence-electron chi connectivity index (χ3n) is 2.68. The van der Waals surface area contributed by atoms with E-state index >= 15 is 0 Å². The Kier molecular flexibility index (Phi) is 2.49. The molecule has 2 rings (SSSR count). The second-order valence-electron chi connectivity index (χ2n) is 3.73. The minimum absolute atomic E-state index is 0.0875. The number of anilines is 1. The monoisotopic (exact) mass is 206 g/mol. The Morgan fingerprint density at radius 1 is 1.27 bits per heavy atom. The number of aromatic hydroxyl groups is 1. The lowest BCUT2D eigenvalue weighted by Crippen LogP contribution is -2.48. The summed E-state index contributed by atoms with van der Waals surface area (Å²) in [5, 5.41) is 9.65. The van der Waals surface area contributed by atoms with E-state index in [0.717, 1.165) is 12.2 Å². The molecule has 0 atom stereocenters. The third kappa shape index (κ3) is 1.88. The van der Waals surface area contributed by atoms with Crippen LogP contribution in [-0.2, 0) is 4.79 Å². The van der Waals surface area contributed by atoms with Crippen LogP contribution in [-0.4, -0.2) is 42.6 Å². The molecule has 0 bridgehead atoms. The van der Waals surface area contributed by atoms with Crippen LogP contribution in [0, 0.1) is 0 Å². The number of carbonyl (C=O) groups excluding carboxylic acids is 1. The number of phenols is 1. The van der Waals surface area contributed by atoms with E-state index in [1.165, 1.54) is 0 Å². The molecule has 0 radical (unpaired) electrons. The van der Waals surface area contributed by atoms with Crippen molar-refractivity contribution in [3.8, 4) is 5.75 Å². The molecular formula is C11H14N2O2. The molecule has 1 aromatic carbocycles. The fraction of sp³-hybridized carbons (Fsp3) is 0.364. The quantitative estimate of drug-likeness (QED) is 0.734. The zero-order chi connectivity index (χ0) is 10.8. The number of para-hydroxylation sites is 2. The molecule has 0 spiro atoms. The van der Waals surface area contributed by atoms with Crippen LogP contribution in [0.1, 0.15) is 0 Å². The van der Waals surface area contributed by atoms with Gasteiger partial charge in [-0.2, -0.15) is 0 Å². The van der Waals surface area contributed by atoms with Crippen LogP contribution < -0.4 is 4.90 Å². The van der Waals surface area contributed by atoms with Crippen molar-refractivity contribution >= 4 is 11.6 Å². The molecule has 1 fully saturated rings. The molecule has 1 amide bonds. The van der Waals surface area contributed by atoms with E-state index in [0.29, 0.717) is 13.1 Å². The van der Waals surface area contributed by atoms with Gasteiger partial charge in [0.2, 0.25) is 5.91 Å². The first-order chi connectivity index (χ1) is 7.18. The maximum Gasteiger partial charge on any atom is 0.241 e. The summed E-state index contributed by atoms with van der Waals surface area (Å²) in [5.41, 5.74) is 0.735. The summed E-state index contributed by atoms with van der Waals surface area (Å²) < 4.78 is 0. The van der Waals surface area contributed by atoms with Crippen molar-refractivity contribution in [2.24, 2.45) is 0 Å². The molecule has 1 saturated heterocycles. The molecule has 1 heterocycles. The Morgan fingerprint density at radius 2 is 2.00 bits per heavy atom. The van der Waals surface area contributed by atoms with Crippen molar-refractivity contribution < 1.29 is 9.90 Å². The normalized spacial score (nSPS) is 17.0. The number of benzene rings is 1. The predicted octanol–water partition coefficient (Wildman–Crippen LogP) is 0.671. The molecule has 4 nitrogen and oxygen atoms in total. The smallest absolute Gasteiger partial charge is 0.241 e. The first kappa shape index (κ1) is 9.83. The van der Waals surface area contributed by atoms with Gasteiger partial charge in [0.15, 0.2) is 0 Å². The summed E-state index contributed by atoms with van der Waals surface area (Å²) in [6.07, 6.45) is 0. The summed E-state index contributed by atoms with van der Waals surface area (Å²) in [6, 6.07) is 7.10. The lowest BCUT2D eigenvalue weighted by molar-refractivity contribution is -0.129. The van der Waals surface area contributed by atoms with Crippen molar-refractivity contribution in [3.05, 3.63) is 24.3 Å². The van der Waals surface area contributed by atoms with Crippen LogP contribution >= 0.6 is 0 Å². The lowest BCUT2D eigenvalue weighted by atomic mass is 10.2. The topological polar surface area (TPSA) is 43.8 Å². The Bertz CT molecular complexity index is 379. The number of piperazine rings is 1. The number of rotatable bonds is 1. The highest BCUT2D eigenvalue weighted by atomic mass is 16.3. The Labute approximate surface area is 88.7 Å². The van der Waals surface area contributed by atoms with Gasteiger partial charge in [0.25, 0.3) is 0 Å². The molecule has 4 heteroatoms. The minimum atomic E-state index is 0.0875. The molecule has 1 aliphatic heterocycles. The third-order valence-corrected chi connectivity index (χ3v) is 2.68. The molecule has 0 aromatic heterocycles. The fourth-order valence-corrected chi connectivity index (χ4v) is 1.70. The van der Waals surface area contributed by atoms with E-state index in [-0.39, 0.29) is 11.7 Å². The van der Waals surface area contributed by atoms with Crippen molar-refractivity contribution in [1.29, 1.82) is 0 Å². The Hall–Kier alpha value is -1.71. The van der Waals surface area contributed by atoms with E-state index < -0.39 is 0 Å². The first-order valence-electron chi connectivity index (χ1n) is 4.95. The number of likely N-dealkylation sites (N-methyl/N-ethyl adjacent to an activating group) is 1. The average molecular weight is 206 g/mol. The molecule has 0 unspecified atom stereocenters. The number of carbonyl (C=O) groups is 1. The average Bonchev–Trinajstić information content (AvgIpc) is 2.23. The summed E-state index contributed by atoms with van der Waals surface area (Å²) in [4.78, 5) is 15.1. The Balaban J connectivity index is 2.19. The van der Waals surface area contributed by atoms with Gasteiger partial charge >= 0.3 is 0 Å². The Morgan fingerprint density at radius 3 is 2.67 bits per heavy atom. The summed E-state index contributed by atoms with van der Waals surface area (Å²) in [5.74, 6) is 0.319. The minimum Gasteiger partial charge on any atom is -0.506 e. The molecule has 1 aromatic rings. The summed E-state index contributed by atoms with van der Waals surface area (Å²) >= 11 is 0. The zero-order valence-electron chi connectivity index (χ0n) is 8.68. The first-order valence-corrected chi connectivity index (χ1v) is 4.95. The molecule has 15 heavy (non-hydrogen) atoms. The number of nitrogens with zero attached hydrogens (tertiary/aromatic N) is 2. The molecular weight excluding hydrogens is 192 g/mol. The summed E-state index contributed by atoms with van der Waals surface area (Å²) in [6.45, 7) is 1.81. The van der Waals surface area contributed by atoms with Crippen molar-refractivity contribution in [2.75, 3.05) is 31.6 Å². The fourth-order valence-electron chi connectivity index (χ4n) is 1.70. The van der Waals surface area contributed by atoms with Gasteiger partial charge in [0.1, 0.15) is 5.75 Å². The van der Waals surface area contributed by atoms with Crippen molar-refractivity contribution in [2.45, 2.75) is 0 Å². The largest absolute Gasteiger partial charge is 0.506 e. The molecule has 1 aliphatic rings.